The van der Waals surface area contributed by atoms with Gasteiger partial charge in [-0.3, -0.25) is 9.59 Å². The SMILES string of the molecule is CC(=O)OCc1ccc(/C=C2\C(=O)N(c3ccc(C(=O)O)cc3)N=C2C)o1. The van der Waals surface area contributed by atoms with Crippen molar-refractivity contribution in [1.29, 1.82) is 0 Å². The molecular formula is C19H16N2O6. The van der Waals surface area contributed by atoms with Crippen LogP contribution >= 0.6 is 0 Å². The third-order valence-corrected chi connectivity index (χ3v) is 3.81. The van der Waals surface area contributed by atoms with Crippen molar-refractivity contribution >= 4 is 35.3 Å². The van der Waals surface area contributed by atoms with Crippen LogP contribution < -0.4 is 5.01 Å². The van der Waals surface area contributed by atoms with Gasteiger partial charge in [-0.25, -0.2) is 4.79 Å². The Morgan fingerprint density at radius 2 is 1.93 bits per heavy atom. The number of carboxylic acid groups (broad SMARTS) is 1. The molecule has 2 aromatic rings. The number of furan rings is 1. The van der Waals surface area contributed by atoms with E-state index in [0.717, 1.165) is 0 Å². The van der Waals surface area contributed by atoms with E-state index < -0.39 is 11.9 Å². The minimum Gasteiger partial charge on any atom is -0.478 e. The molecule has 27 heavy (non-hydrogen) atoms. The largest absolute Gasteiger partial charge is 0.478 e. The van der Waals surface area contributed by atoms with Crippen LogP contribution in [0, 0.1) is 0 Å². The third-order valence-electron chi connectivity index (χ3n) is 3.81. The molecular weight excluding hydrogens is 352 g/mol. The summed E-state index contributed by atoms with van der Waals surface area (Å²) >= 11 is 0. The molecule has 0 saturated carbocycles. The topological polar surface area (TPSA) is 109 Å². The molecule has 1 aromatic carbocycles. The number of rotatable bonds is 5. The summed E-state index contributed by atoms with van der Waals surface area (Å²) in [6.45, 7) is 3.01. The van der Waals surface area contributed by atoms with E-state index in [2.05, 4.69) is 5.10 Å². The molecule has 1 aliphatic rings. The molecule has 3 rings (SSSR count). The highest BCUT2D eigenvalue weighted by Gasteiger charge is 2.29. The van der Waals surface area contributed by atoms with Gasteiger partial charge >= 0.3 is 11.9 Å². The molecule has 0 spiro atoms. The number of anilines is 1. The van der Waals surface area contributed by atoms with Crippen molar-refractivity contribution in [1.82, 2.24) is 0 Å². The third kappa shape index (κ3) is 3.95. The monoisotopic (exact) mass is 368 g/mol. The van der Waals surface area contributed by atoms with Crippen LogP contribution in [0.25, 0.3) is 6.08 Å². The normalized spacial score (nSPS) is 15.2. The van der Waals surface area contributed by atoms with Crippen molar-refractivity contribution in [2.45, 2.75) is 20.5 Å². The lowest BCUT2D eigenvalue weighted by Gasteiger charge is -2.11. The van der Waals surface area contributed by atoms with E-state index in [-0.39, 0.29) is 18.1 Å². The first-order valence-electron chi connectivity index (χ1n) is 8.02. The zero-order valence-corrected chi connectivity index (χ0v) is 14.6. The van der Waals surface area contributed by atoms with E-state index in [4.69, 9.17) is 14.3 Å². The fraction of sp³-hybridized carbons (Fsp3) is 0.158. The van der Waals surface area contributed by atoms with Crippen molar-refractivity contribution < 1.29 is 28.6 Å². The molecule has 0 fully saturated rings. The van der Waals surface area contributed by atoms with Crippen LogP contribution in [-0.2, 0) is 20.9 Å². The second-order valence-corrected chi connectivity index (χ2v) is 5.80. The van der Waals surface area contributed by atoms with Gasteiger partial charge in [0.2, 0.25) is 0 Å². The standard InChI is InChI=1S/C19H16N2O6/c1-11-17(9-15-7-8-16(27-15)10-26-12(2)22)18(23)21(20-11)14-5-3-13(4-6-14)19(24)25/h3-9H,10H2,1-2H3,(H,24,25)/b17-9-. The number of hydrazone groups is 1. The smallest absolute Gasteiger partial charge is 0.335 e. The van der Waals surface area contributed by atoms with Gasteiger partial charge in [-0.15, -0.1) is 0 Å². The minimum absolute atomic E-state index is 0.0155. The van der Waals surface area contributed by atoms with E-state index in [1.807, 2.05) is 0 Å². The average Bonchev–Trinajstić information content (AvgIpc) is 3.20. The van der Waals surface area contributed by atoms with Gasteiger partial charge in [-0.2, -0.15) is 10.1 Å². The molecule has 0 radical (unpaired) electrons. The molecule has 2 heterocycles. The highest BCUT2D eigenvalue weighted by molar-refractivity contribution is 6.32. The fourth-order valence-electron chi connectivity index (χ4n) is 2.47. The molecule has 0 unspecified atom stereocenters. The molecule has 1 aliphatic heterocycles. The molecule has 0 bridgehead atoms. The predicted molar refractivity (Wildman–Crippen MR) is 96.2 cm³/mol. The lowest BCUT2D eigenvalue weighted by molar-refractivity contribution is -0.142. The van der Waals surface area contributed by atoms with E-state index in [0.29, 0.717) is 28.5 Å². The maximum atomic E-state index is 12.7. The van der Waals surface area contributed by atoms with Gasteiger partial charge in [0.1, 0.15) is 18.1 Å². The van der Waals surface area contributed by atoms with Crippen LogP contribution in [0.15, 0.2) is 51.5 Å². The summed E-state index contributed by atoms with van der Waals surface area (Å²) in [6.07, 6.45) is 1.56. The molecule has 1 N–H and O–H groups in total. The van der Waals surface area contributed by atoms with Crippen LogP contribution in [0.4, 0.5) is 5.69 Å². The number of benzene rings is 1. The number of esters is 1. The van der Waals surface area contributed by atoms with Crippen molar-refractivity contribution in [2.24, 2.45) is 5.10 Å². The van der Waals surface area contributed by atoms with Crippen LogP contribution in [0.3, 0.4) is 0 Å². The molecule has 0 atom stereocenters. The van der Waals surface area contributed by atoms with Gasteiger partial charge in [-0.1, -0.05) is 0 Å². The molecule has 138 valence electrons. The van der Waals surface area contributed by atoms with Crippen molar-refractivity contribution in [3.8, 4) is 0 Å². The summed E-state index contributed by atoms with van der Waals surface area (Å²) in [5.74, 6) is -0.924. The Hall–Kier alpha value is -3.68. The summed E-state index contributed by atoms with van der Waals surface area (Å²) in [7, 11) is 0. The molecule has 1 aromatic heterocycles. The zero-order valence-electron chi connectivity index (χ0n) is 14.6. The van der Waals surface area contributed by atoms with E-state index >= 15 is 0 Å². The van der Waals surface area contributed by atoms with Gasteiger partial charge in [0.15, 0.2) is 0 Å². The first-order chi connectivity index (χ1) is 12.8. The number of carboxylic acids is 1. The number of hydrogen-bond donors (Lipinski definition) is 1. The average molecular weight is 368 g/mol. The molecule has 0 aliphatic carbocycles. The van der Waals surface area contributed by atoms with Crippen molar-refractivity contribution in [3.05, 3.63) is 59.1 Å². The van der Waals surface area contributed by atoms with Gasteiger partial charge in [-0.05, 0) is 49.4 Å². The Morgan fingerprint density at radius 1 is 1.22 bits per heavy atom. The first kappa shape index (κ1) is 18.1. The van der Waals surface area contributed by atoms with Gasteiger partial charge in [0.25, 0.3) is 5.91 Å². The van der Waals surface area contributed by atoms with Crippen LogP contribution in [0.1, 0.15) is 35.7 Å². The number of hydrogen-bond acceptors (Lipinski definition) is 6. The molecule has 1 amide bonds. The summed E-state index contributed by atoms with van der Waals surface area (Å²) in [4.78, 5) is 34.5. The molecule has 0 saturated heterocycles. The predicted octanol–water partition coefficient (Wildman–Crippen LogP) is 2.85. The van der Waals surface area contributed by atoms with Crippen LogP contribution in [0.2, 0.25) is 0 Å². The zero-order chi connectivity index (χ0) is 19.6. The Balaban J connectivity index is 1.79. The highest BCUT2D eigenvalue weighted by atomic mass is 16.5. The van der Waals surface area contributed by atoms with Gasteiger partial charge in [0.05, 0.1) is 22.5 Å². The maximum Gasteiger partial charge on any atom is 0.335 e. The van der Waals surface area contributed by atoms with Crippen molar-refractivity contribution in [2.75, 3.05) is 5.01 Å². The maximum absolute atomic E-state index is 12.7. The number of carbonyl (C=O) groups excluding carboxylic acids is 2. The summed E-state index contributed by atoms with van der Waals surface area (Å²) in [6, 6.07) is 9.17. The van der Waals surface area contributed by atoms with Gasteiger partial charge < -0.3 is 14.3 Å². The second kappa shape index (κ2) is 7.28. The summed E-state index contributed by atoms with van der Waals surface area (Å²) < 4.78 is 10.4. The Labute approximate surface area is 154 Å². The second-order valence-electron chi connectivity index (χ2n) is 5.80. The van der Waals surface area contributed by atoms with Crippen LogP contribution in [-0.4, -0.2) is 28.7 Å². The Kier molecular flexibility index (Phi) is 4.89. The molecule has 8 heteroatoms. The van der Waals surface area contributed by atoms with Crippen LogP contribution in [0.5, 0.6) is 0 Å². The Bertz CT molecular complexity index is 968. The van der Waals surface area contributed by atoms with E-state index in [9.17, 15) is 14.4 Å². The molecule has 8 nitrogen and oxygen atoms in total. The lowest BCUT2D eigenvalue weighted by atomic mass is 10.1. The van der Waals surface area contributed by atoms with E-state index in [1.54, 1.807) is 25.1 Å². The fourth-order valence-corrected chi connectivity index (χ4v) is 2.47. The van der Waals surface area contributed by atoms with Crippen molar-refractivity contribution in [3.63, 3.8) is 0 Å². The number of carbonyl (C=O) groups is 3. The van der Waals surface area contributed by atoms with E-state index in [1.165, 1.54) is 36.2 Å². The number of aromatic carboxylic acids is 1. The number of amides is 1. The number of ether oxygens (including phenoxy) is 1. The first-order valence-corrected chi connectivity index (χ1v) is 8.02. The summed E-state index contributed by atoms with van der Waals surface area (Å²) in [5, 5.41) is 14.4. The number of nitrogens with zero attached hydrogens (tertiary/aromatic N) is 2. The lowest BCUT2D eigenvalue weighted by Crippen LogP contribution is -2.21. The Morgan fingerprint density at radius 3 is 2.56 bits per heavy atom. The van der Waals surface area contributed by atoms with Gasteiger partial charge in [0, 0.05) is 6.92 Å². The quantitative estimate of drug-likeness (QED) is 0.642. The highest BCUT2D eigenvalue weighted by Crippen LogP contribution is 2.25. The summed E-state index contributed by atoms with van der Waals surface area (Å²) in [5.41, 5.74) is 1.44. The minimum atomic E-state index is -1.04.